The predicted octanol–water partition coefficient (Wildman–Crippen LogP) is 4.64. The number of amidine groups is 1. The molecule has 0 spiro atoms. The highest BCUT2D eigenvalue weighted by Gasteiger charge is 2.05. The Bertz CT molecular complexity index is 872. The summed E-state index contributed by atoms with van der Waals surface area (Å²) in [4.78, 5) is 4.48. The molecule has 3 rings (SSSR count). The molecule has 3 aromatic rings. The number of rotatable bonds is 4. The van der Waals surface area contributed by atoms with E-state index in [0.29, 0.717) is 5.11 Å². The Balaban J connectivity index is 1.77. The molecule has 4 heteroatoms. The zero-order chi connectivity index (χ0) is 18.2. The maximum absolute atomic E-state index is 5.20. The van der Waals surface area contributed by atoms with Crippen molar-refractivity contribution in [2.24, 2.45) is 4.99 Å². The molecule has 0 bridgehead atoms. The van der Waals surface area contributed by atoms with Gasteiger partial charge in [-0.25, -0.2) is 4.99 Å². The summed E-state index contributed by atoms with van der Waals surface area (Å²) in [7, 11) is 1.77. The standard InChI is InChI=1S/C22H21N3S/c1-23-22(26)25-21(19-10-6-3-7-11-19)24-20-14-12-18(13-15-20)16-17-8-4-2-5-9-17/h2-15H,16H2,1H3,(H2,23,24,25,26). The summed E-state index contributed by atoms with van der Waals surface area (Å²) in [5.41, 5.74) is 4.53. The smallest absolute Gasteiger partial charge is 0.194 e. The molecule has 0 atom stereocenters. The van der Waals surface area contributed by atoms with Gasteiger partial charge >= 0.3 is 0 Å². The first kappa shape index (κ1) is 17.8. The molecule has 0 saturated carbocycles. The minimum Gasteiger partial charge on any atom is -0.364 e. The van der Waals surface area contributed by atoms with E-state index in [2.05, 4.69) is 64.2 Å². The minimum absolute atomic E-state index is 0.442. The van der Waals surface area contributed by atoms with Gasteiger partial charge in [-0.15, -0.1) is 0 Å². The van der Waals surface area contributed by atoms with Gasteiger partial charge in [0.2, 0.25) is 0 Å². The lowest BCUT2D eigenvalue weighted by Crippen LogP contribution is -2.20. The third-order valence-electron chi connectivity index (χ3n) is 3.94. The van der Waals surface area contributed by atoms with Crippen LogP contribution in [0.5, 0.6) is 0 Å². The quantitative estimate of drug-likeness (QED) is 0.405. The fourth-order valence-corrected chi connectivity index (χ4v) is 2.68. The lowest BCUT2D eigenvalue weighted by molar-refractivity contribution is 1.18. The first-order valence-electron chi connectivity index (χ1n) is 8.50. The number of nitrogens with one attached hydrogen (secondary N) is 2. The van der Waals surface area contributed by atoms with Crippen molar-refractivity contribution < 1.29 is 0 Å². The van der Waals surface area contributed by atoms with Crippen molar-refractivity contribution in [3.05, 3.63) is 102 Å². The number of nitrogens with zero attached hydrogens (tertiary/aromatic N) is 1. The van der Waals surface area contributed by atoms with Crippen LogP contribution in [0.25, 0.3) is 0 Å². The molecule has 0 fully saturated rings. The summed E-state index contributed by atoms with van der Waals surface area (Å²) in [6.07, 6.45) is 0.921. The molecular weight excluding hydrogens is 338 g/mol. The maximum Gasteiger partial charge on any atom is 0.194 e. The Morgan fingerprint density at radius 1 is 0.808 bits per heavy atom. The molecule has 3 aromatic carbocycles. The van der Waals surface area contributed by atoms with E-state index < -0.39 is 0 Å². The number of hydrogen-bond donors (Lipinski definition) is 2. The normalized spacial score (nSPS) is 11.0. The zero-order valence-corrected chi connectivity index (χ0v) is 15.5. The fourth-order valence-electron chi connectivity index (χ4n) is 2.59. The van der Waals surface area contributed by atoms with Crippen molar-refractivity contribution >= 4 is 28.9 Å². The first-order valence-corrected chi connectivity index (χ1v) is 8.91. The summed E-state index contributed by atoms with van der Waals surface area (Å²) in [6, 6.07) is 28.8. The van der Waals surface area contributed by atoms with Crippen molar-refractivity contribution in [1.29, 1.82) is 0 Å². The lowest BCUT2D eigenvalue weighted by Gasteiger charge is -2.11. The van der Waals surface area contributed by atoms with Crippen LogP contribution in [0.4, 0.5) is 5.69 Å². The van der Waals surface area contributed by atoms with E-state index in [0.717, 1.165) is 23.5 Å². The second-order valence-electron chi connectivity index (χ2n) is 5.87. The van der Waals surface area contributed by atoms with Crippen LogP contribution in [0.3, 0.4) is 0 Å². The van der Waals surface area contributed by atoms with Crippen LogP contribution in [0, 0.1) is 0 Å². The maximum atomic E-state index is 5.20. The van der Waals surface area contributed by atoms with E-state index >= 15 is 0 Å². The molecule has 0 aliphatic rings. The topological polar surface area (TPSA) is 36.4 Å². The SMILES string of the molecule is CNC(=S)/N=C(\Nc1ccc(Cc2ccccc2)cc1)c1ccccc1. The Morgan fingerprint density at radius 2 is 1.38 bits per heavy atom. The number of aliphatic imine (C=N–C) groups is 1. The number of hydrogen-bond acceptors (Lipinski definition) is 1. The van der Waals surface area contributed by atoms with Crippen molar-refractivity contribution in [3.8, 4) is 0 Å². The third kappa shape index (κ3) is 5.01. The van der Waals surface area contributed by atoms with Gasteiger partial charge in [0.1, 0.15) is 5.84 Å². The highest BCUT2D eigenvalue weighted by Crippen LogP contribution is 2.15. The van der Waals surface area contributed by atoms with Crippen molar-refractivity contribution in [2.45, 2.75) is 6.42 Å². The van der Waals surface area contributed by atoms with Gasteiger partial charge in [0.15, 0.2) is 5.11 Å². The van der Waals surface area contributed by atoms with E-state index in [1.165, 1.54) is 11.1 Å². The van der Waals surface area contributed by atoms with Crippen LogP contribution in [-0.4, -0.2) is 18.0 Å². The molecule has 0 unspecified atom stereocenters. The van der Waals surface area contributed by atoms with Gasteiger partial charge in [0.05, 0.1) is 0 Å². The van der Waals surface area contributed by atoms with Crippen molar-refractivity contribution in [2.75, 3.05) is 12.4 Å². The molecular formula is C22H21N3S. The molecule has 0 aromatic heterocycles. The van der Waals surface area contributed by atoms with E-state index in [-0.39, 0.29) is 0 Å². The van der Waals surface area contributed by atoms with E-state index in [1.807, 2.05) is 36.4 Å². The monoisotopic (exact) mass is 359 g/mol. The second kappa shape index (κ2) is 8.92. The summed E-state index contributed by atoms with van der Waals surface area (Å²) < 4.78 is 0. The average molecular weight is 359 g/mol. The Kier molecular flexibility index (Phi) is 6.12. The van der Waals surface area contributed by atoms with Gasteiger partial charge in [-0.1, -0.05) is 72.8 Å². The van der Waals surface area contributed by atoms with Crippen LogP contribution in [0.2, 0.25) is 0 Å². The molecule has 3 nitrogen and oxygen atoms in total. The fraction of sp³-hybridized carbons (Fsp3) is 0.0909. The molecule has 0 amide bonds. The van der Waals surface area contributed by atoms with Gasteiger partial charge < -0.3 is 10.6 Å². The van der Waals surface area contributed by atoms with Gasteiger partial charge in [-0.2, -0.15) is 0 Å². The lowest BCUT2D eigenvalue weighted by atomic mass is 10.0. The van der Waals surface area contributed by atoms with Crippen LogP contribution in [-0.2, 0) is 6.42 Å². The van der Waals surface area contributed by atoms with Gasteiger partial charge in [0.25, 0.3) is 0 Å². The summed E-state index contributed by atoms with van der Waals surface area (Å²) in [6.45, 7) is 0. The van der Waals surface area contributed by atoms with Crippen LogP contribution in [0.1, 0.15) is 16.7 Å². The molecule has 2 N–H and O–H groups in total. The predicted molar refractivity (Wildman–Crippen MR) is 114 cm³/mol. The molecule has 0 aliphatic heterocycles. The number of benzene rings is 3. The average Bonchev–Trinajstić information content (AvgIpc) is 2.70. The second-order valence-corrected chi connectivity index (χ2v) is 6.25. The summed E-state index contributed by atoms with van der Waals surface area (Å²) >= 11 is 5.20. The van der Waals surface area contributed by atoms with Crippen LogP contribution >= 0.6 is 12.2 Å². The highest BCUT2D eigenvalue weighted by molar-refractivity contribution is 7.80. The van der Waals surface area contributed by atoms with E-state index in [9.17, 15) is 0 Å². The summed E-state index contributed by atoms with van der Waals surface area (Å²) in [5, 5.41) is 6.71. The Hall–Kier alpha value is -2.98. The zero-order valence-electron chi connectivity index (χ0n) is 14.6. The molecule has 26 heavy (non-hydrogen) atoms. The van der Waals surface area contributed by atoms with Crippen molar-refractivity contribution in [1.82, 2.24) is 5.32 Å². The molecule has 0 radical (unpaired) electrons. The minimum atomic E-state index is 0.442. The molecule has 0 heterocycles. The summed E-state index contributed by atoms with van der Waals surface area (Å²) in [5.74, 6) is 0.723. The van der Waals surface area contributed by atoms with Crippen molar-refractivity contribution in [3.63, 3.8) is 0 Å². The number of thiocarbonyl (C=S) groups is 1. The third-order valence-corrected chi connectivity index (χ3v) is 4.24. The van der Waals surface area contributed by atoms with Crippen LogP contribution < -0.4 is 10.6 Å². The van der Waals surface area contributed by atoms with E-state index in [4.69, 9.17) is 12.2 Å². The molecule has 0 saturated heterocycles. The van der Waals surface area contributed by atoms with Gasteiger partial charge in [0, 0.05) is 18.3 Å². The Morgan fingerprint density at radius 3 is 2.00 bits per heavy atom. The van der Waals surface area contributed by atoms with E-state index in [1.54, 1.807) is 7.05 Å². The Labute approximate surface area is 159 Å². The van der Waals surface area contributed by atoms with Gasteiger partial charge in [-0.05, 0) is 41.9 Å². The first-order chi connectivity index (χ1) is 12.7. The largest absolute Gasteiger partial charge is 0.364 e. The molecule has 0 aliphatic carbocycles. The van der Waals surface area contributed by atoms with Crippen LogP contribution in [0.15, 0.2) is 89.9 Å². The van der Waals surface area contributed by atoms with Gasteiger partial charge in [-0.3, -0.25) is 0 Å². The number of anilines is 1. The molecule has 130 valence electrons. The highest BCUT2D eigenvalue weighted by atomic mass is 32.1.